The lowest BCUT2D eigenvalue weighted by atomic mass is 9.97. The summed E-state index contributed by atoms with van der Waals surface area (Å²) in [6, 6.07) is 23.6. The number of rotatable bonds is 3. The number of ether oxygens (including phenoxy) is 1. The second-order valence-corrected chi connectivity index (χ2v) is 5.60. The Morgan fingerprint density at radius 3 is 2.32 bits per heavy atom. The van der Waals surface area contributed by atoms with Crippen LogP contribution >= 0.6 is 0 Å². The molecule has 0 bridgehead atoms. The molecule has 1 aliphatic rings. The van der Waals surface area contributed by atoms with Crippen LogP contribution in [0.4, 0.5) is 0 Å². The van der Waals surface area contributed by atoms with E-state index in [1.165, 1.54) is 33.4 Å². The lowest BCUT2D eigenvalue weighted by Gasteiger charge is -2.15. The van der Waals surface area contributed by atoms with Crippen molar-refractivity contribution in [2.45, 2.75) is 13.3 Å². The first kappa shape index (κ1) is 13.1. The maximum atomic E-state index is 6.07. The van der Waals surface area contributed by atoms with E-state index in [1.807, 2.05) is 6.07 Å². The summed E-state index contributed by atoms with van der Waals surface area (Å²) >= 11 is 0. The van der Waals surface area contributed by atoms with Gasteiger partial charge in [0.2, 0.25) is 0 Å². The molecule has 0 fully saturated rings. The molecule has 1 nitrogen and oxygen atoms in total. The van der Waals surface area contributed by atoms with Gasteiger partial charge in [-0.25, -0.2) is 0 Å². The molecule has 0 spiro atoms. The van der Waals surface area contributed by atoms with Crippen molar-refractivity contribution < 1.29 is 4.74 Å². The van der Waals surface area contributed by atoms with Gasteiger partial charge < -0.3 is 4.74 Å². The van der Waals surface area contributed by atoms with Gasteiger partial charge in [0.05, 0.1) is 6.61 Å². The minimum Gasteiger partial charge on any atom is -0.493 e. The van der Waals surface area contributed by atoms with E-state index in [1.54, 1.807) is 0 Å². The first-order valence-electron chi connectivity index (χ1n) is 7.81. The first-order valence-corrected chi connectivity index (χ1v) is 7.81. The van der Waals surface area contributed by atoms with Gasteiger partial charge in [0.1, 0.15) is 5.75 Å². The van der Waals surface area contributed by atoms with Gasteiger partial charge in [-0.05, 0) is 29.2 Å². The van der Waals surface area contributed by atoms with Crippen molar-refractivity contribution in [3.63, 3.8) is 0 Å². The molecule has 3 aromatic carbocycles. The summed E-state index contributed by atoms with van der Waals surface area (Å²) < 4.78 is 6.07. The maximum absolute atomic E-state index is 6.07. The molecule has 0 amide bonds. The van der Waals surface area contributed by atoms with Crippen LogP contribution in [0.25, 0.3) is 22.3 Å². The molecule has 4 rings (SSSR count). The van der Waals surface area contributed by atoms with Gasteiger partial charge in [0, 0.05) is 17.5 Å². The topological polar surface area (TPSA) is 9.23 Å². The lowest BCUT2D eigenvalue weighted by molar-refractivity contribution is 0.339. The fraction of sp³-hybridized carbons (Fsp3) is 0.143. The second kappa shape index (κ2) is 5.34. The first-order chi connectivity index (χ1) is 10.9. The Morgan fingerprint density at radius 2 is 1.50 bits per heavy atom. The molecule has 0 saturated carbocycles. The fourth-order valence-electron chi connectivity index (χ4n) is 3.34. The molecule has 0 heterocycles. The van der Waals surface area contributed by atoms with E-state index in [-0.39, 0.29) is 0 Å². The van der Waals surface area contributed by atoms with Crippen LogP contribution in [-0.2, 0) is 6.42 Å². The average molecular weight is 286 g/mol. The molecule has 1 aliphatic carbocycles. The zero-order chi connectivity index (χ0) is 14.9. The standard InChI is InChI=1S/C21H18O/c1-2-22-21-18(15-8-4-3-5-9-15)12-13-19-17-11-7-6-10-16(17)14-20(19)21/h3-13H,2,14H2,1H3. The molecular formula is C21H18O. The van der Waals surface area contributed by atoms with Crippen LogP contribution in [0.1, 0.15) is 18.1 Å². The highest BCUT2D eigenvalue weighted by atomic mass is 16.5. The highest BCUT2D eigenvalue weighted by Gasteiger charge is 2.24. The molecule has 0 saturated heterocycles. The van der Waals surface area contributed by atoms with Crippen LogP contribution in [0.2, 0.25) is 0 Å². The van der Waals surface area contributed by atoms with Crippen LogP contribution in [0.15, 0.2) is 66.7 Å². The summed E-state index contributed by atoms with van der Waals surface area (Å²) in [5, 5.41) is 0. The lowest BCUT2D eigenvalue weighted by Crippen LogP contribution is -1.98. The Hall–Kier alpha value is -2.54. The number of hydrogen-bond acceptors (Lipinski definition) is 1. The van der Waals surface area contributed by atoms with Crippen molar-refractivity contribution in [1.29, 1.82) is 0 Å². The third kappa shape index (κ3) is 2.01. The van der Waals surface area contributed by atoms with E-state index < -0.39 is 0 Å². The van der Waals surface area contributed by atoms with Crippen molar-refractivity contribution in [1.82, 2.24) is 0 Å². The minimum absolute atomic E-state index is 0.687. The maximum Gasteiger partial charge on any atom is 0.131 e. The Bertz CT molecular complexity index is 819. The second-order valence-electron chi connectivity index (χ2n) is 5.60. The quantitative estimate of drug-likeness (QED) is 0.495. The summed E-state index contributed by atoms with van der Waals surface area (Å²) in [6.07, 6.45) is 0.960. The van der Waals surface area contributed by atoms with Crippen molar-refractivity contribution in [3.8, 4) is 28.0 Å². The van der Waals surface area contributed by atoms with Crippen molar-refractivity contribution in [2.24, 2.45) is 0 Å². The Labute approximate surface area is 131 Å². The van der Waals surface area contributed by atoms with E-state index >= 15 is 0 Å². The summed E-state index contributed by atoms with van der Waals surface area (Å²) in [5.41, 5.74) is 7.78. The average Bonchev–Trinajstić information content (AvgIpc) is 2.95. The highest BCUT2D eigenvalue weighted by molar-refractivity contribution is 5.85. The molecule has 0 aliphatic heterocycles. The number of benzene rings is 3. The van der Waals surface area contributed by atoms with E-state index in [0.717, 1.165) is 12.2 Å². The Kier molecular flexibility index (Phi) is 3.19. The van der Waals surface area contributed by atoms with Gasteiger partial charge in [-0.2, -0.15) is 0 Å². The Balaban J connectivity index is 1.92. The summed E-state index contributed by atoms with van der Waals surface area (Å²) in [4.78, 5) is 0. The molecule has 0 N–H and O–H groups in total. The molecule has 0 aromatic heterocycles. The van der Waals surface area contributed by atoms with Crippen LogP contribution < -0.4 is 4.74 Å². The largest absolute Gasteiger partial charge is 0.493 e. The van der Waals surface area contributed by atoms with Gasteiger partial charge in [-0.3, -0.25) is 0 Å². The molecule has 22 heavy (non-hydrogen) atoms. The van der Waals surface area contributed by atoms with E-state index in [9.17, 15) is 0 Å². The smallest absolute Gasteiger partial charge is 0.131 e. The summed E-state index contributed by atoms with van der Waals surface area (Å²) in [7, 11) is 0. The minimum atomic E-state index is 0.687. The van der Waals surface area contributed by atoms with Gasteiger partial charge in [0.25, 0.3) is 0 Å². The van der Waals surface area contributed by atoms with Crippen LogP contribution in [0.5, 0.6) is 5.75 Å². The zero-order valence-electron chi connectivity index (χ0n) is 12.7. The molecule has 0 atom stereocenters. The van der Waals surface area contributed by atoms with E-state index in [4.69, 9.17) is 4.74 Å². The van der Waals surface area contributed by atoms with Gasteiger partial charge in [-0.15, -0.1) is 0 Å². The molecular weight excluding hydrogens is 268 g/mol. The van der Waals surface area contributed by atoms with Crippen LogP contribution in [-0.4, -0.2) is 6.61 Å². The van der Waals surface area contributed by atoms with Crippen molar-refractivity contribution in [3.05, 3.63) is 77.9 Å². The summed E-state index contributed by atoms with van der Waals surface area (Å²) in [6.45, 7) is 2.74. The third-order valence-electron chi connectivity index (χ3n) is 4.31. The van der Waals surface area contributed by atoms with Crippen molar-refractivity contribution in [2.75, 3.05) is 6.61 Å². The van der Waals surface area contributed by atoms with Crippen molar-refractivity contribution >= 4 is 0 Å². The highest BCUT2D eigenvalue weighted by Crippen LogP contribution is 2.45. The van der Waals surface area contributed by atoms with Gasteiger partial charge >= 0.3 is 0 Å². The predicted octanol–water partition coefficient (Wildman–Crippen LogP) is 5.32. The normalized spacial score (nSPS) is 11.9. The van der Waals surface area contributed by atoms with E-state index in [2.05, 4.69) is 67.6 Å². The molecule has 108 valence electrons. The van der Waals surface area contributed by atoms with Crippen LogP contribution in [0, 0.1) is 0 Å². The molecule has 1 heteroatoms. The van der Waals surface area contributed by atoms with Gasteiger partial charge in [-0.1, -0.05) is 66.7 Å². The molecule has 0 radical (unpaired) electrons. The third-order valence-corrected chi connectivity index (χ3v) is 4.31. The monoisotopic (exact) mass is 286 g/mol. The zero-order valence-corrected chi connectivity index (χ0v) is 12.7. The Morgan fingerprint density at radius 1 is 0.773 bits per heavy atom. The van der Waals surface area contributed by atoms with E-state index in [0.29, 0.717) is 6.61 Å². The predicted molar refractivity (Wildman–Crippen MR) is 91.3 cm³/mol. The molecule has 3 aromatic rings. The number of fused-ring (bicyclic) bond motifs is 3. The van der Waals surface area contributed by atoms with Crippen LogP contribution in [0.3, 0.4) is 0 Å². The number of hydrogen-bond donors (Lipinski definition) is 0. The summed E-state index contributed by atoms with van der Waals surface area (Å²) in [5.74, 6) is 1.04. The molecule has 0 unspecified atom stereocenters. The SMILES string of the molecule is CCOc1c(-c2ccccc2)ccc2c1Cc1ccccc1-2. The fourth-order valence-corrected chi connectivity index (χ4v) is 3.34. The van der Waals surface area contributed by atoms with Gasteiger partial charge in [0.15, 0.2) is 0 Å².